The third kappa shape index (κ3) is 4.49. The summed E-state index contributed by atoms with van der Waals surface area (Å²) in [6.07, 6.45) is 1.49. The molecule has 29 heavy (non-hydrogen) atoms. The molecule has 1 N–H and O–H groups in total. The van der Waals surface area contributed by atoms with Gasteiger partial charge in [-0.05, 0) is 36.6 Å². The molecule has 4 rings (SSSR count). The molecule has 0 radical (unpaired) electrons. The Balaban J connectivity index is 1.44. The van der Waals surface area contributed by atoms with Gasteiger partial charge in [0.2, 0.25) is 5.91 Å². The zero-order chi connectivity index (χ0) is 20.2. The molecule has 4 aromatic rings. The van der Waals surface area contributed by atoms with Crippen molar-refractivity contribution < 1.29 is 13.6 Å². The van der Waals surface area contributed by atoms with E-state index in [0.717, 1.165) is 21.3 Å². The Labute approximate surface area is 171 Å². The van der Waals surface area contributed by atoms with Crippen molar-refractivity contribution in [2.75, 3.05) is 5.32 Å². The number of hydrogen-bond acceptors (Lipinski definition) is 3. The number of para-hydroxylation sites is 1. The fourth-order valence-electron chi connectivity index (χ4n) is 3.17. The predicted molar refractivity (Wildman–Crippen MR) is 113 cm³/mol. The van der Waals surface area contributed by atoms with E-state index in [-0.39, 0.29) is 18.0 Å². The molecular formula is C23H18F2N2OS. The second-order valence-corrected chi connectivity index (χ2v) is 7.77. The lowest BCUT2D eigenvalue weighted by atomic mass is 10.0. The van der Waals surface area contributed by atoms with Crippen LogP contribution in [0.25, 0.3) is 21.3 Å². The molecule has 0 unspecified atom stereocenters. The van der Waals surface area contributed by atoms with Gasteiger partial charge < -0.3 is 5.32 Å². The standard InChI is InChI=1S/C23H18F2N2OS/c24-16-13-17(15-7-2-1-3-8-15)23(18(25)14-16)27-21(28)11-6-12-22-26-19-9-4-5-10-20(19)29-22/h1-5,7-10,13-14H,6,11-12H2,(H,27,28). The zero-order valence-electron chi connectivity index (χ0n) is 15.5. The summed E-state index contributed by atoms with van der Waals surface area (Å²) in [5.41, 5.74) is 1.92. The van der Waals surface area contributed by atoms with Gasteiger partial charge in [0.1, 0.15) is 11.6 Å². The quantitative estimate of drug-likeness (QED) is 0.412. The van der Waals surface area contributed by atoms with Gasteiger partial charge in [-0.25, -0.2) is 13.8 Å². The molecule has 0 spiro atoms. The molecule has 0 fully saturated rings. The van der Waals surface area contributed by atoms with E-state index in [1.165, 1.54) is 6.07 Å². The summed E-state index contributed by atoms with van der Waals surface area (Å²) in [6.45, 7) is 0. The molecule has 146 valence electrons. The molecule has 0 aliphatic carbocycles. The van der Waals surface area contributed by atoms with Gasteiger partial charge in [-0.2, -0.15) is 0 Å². The summed E-state index contributed by atoms with van der Waals surface area (Å²) >= 11 is 1.61. The molecule has 1 aromatic heterocycles. The van der Waals surface area contributed by atoms with Crippen LogP contribution in [0.1, 0.15) is 17.8 Å². The Bertz CT molecular complexity index is 1130. The minimum Gasteiger partial charge on any atom is -0.323 e. The van der Waals surface area contributed by atoms with Crippen molar-refractivity contribution in [2.45, 2.75) is 19.3 Å². The Kier molecular flexibility index (Phi) is 5.62. The Morgan fingerprint density at radius 3 is 2.55 bits per heavy atom. The Hall–Kier alpha value is -3.12. The number of thiazole rings is 1. The largest absolute Gasteiger partial charge is 0.323 e. The van der Waals surface area contributed by atoms with Crippen molar-refractivity contribution in [3.05, 3.63) is 83.4 Å². The van der Waals surface area contributed by atoms with Crippen molar-refractivity contribution in [3.63, 3.8) is 0 Å². The minimum atomic E-state index is -0.789. The first-order chi connectivity index (χ1) is 14.1. The van der Waals surface area contributed by atoms with Gasteiger partial charge in [0.15, 0.2) is 0 Å². The highest BCUT2D eigenvalue weighted by Gasteiger charge is 2.16. The van der Waals surface area contributed by atoms with E-state index in [1.807, 2.05) is 30.3 Å². The van der Waals surface area contributed by atoms with Crippen LogP contribution in [0.2, 0.25) is 0 Å². The first-order valence-electron chi connectivity index (χ1n) is 9.29. The summed E-state index contributed by atoms with van der Waals surface area (Å²) in [4.78, 5) is 17.0. The molecule has 1 amide bonds. The van der Waals surface area contributed by atoms with Gasteiger partial charge in [0, 0.05) is 18.1 Å². The number of aryl methyl sites for hydroxylation is 1. The highest BCUT2D eigenvalue weighted by atomic mass is 32.1. The topological polar surface area (TPSA) is 42.0 Å². The van der Waals surface area contributed by atoms with Gasteiger partial charge in [-0.15, -0.1) is 11.3 Å². The molecule has 0 bridgehead atoms. The monoisotopic (exact) mass is 408 g/mol. The number of hydrogen-bond donors (Lipinski definition) is 1. The third-order valence-electron chi connectivity index (χ3n) is 4.54. The fourth-order valence-corrected chi connectivity index (χ4v) is 4.18. The van der Waals surface area contributed by atoms with Crippen LogP contribution < -0.4 is 5.32 Å². The van der Waals surface area contributed by atoms with Crippen LogP contribution in [0, 0.1) is 11.6 Å². The number of carbonyl (C=O) groups excluding carboxylic acids is 1. The summed E-state index contributed by atoms with van der Waals surface area (Å²) in [5.74, 6) is -1.78. The predicted octanol–water partition coefficient (Wildman–Crippen LogP) is 6.20. The second-order valence-electron chi connectivity index (χ2n) is 6.65. The lowest BCUT2D eigenvalue weighted by Gasteiger charge is -2.13. The maximum atomic E-state index is 14.4. The van der Waals surface area contributed by atoms with Gasteiger partial charge in [-0.1, -0.05) is 42.5 Å². The number of benzene rings is 3. The molecule has 1 heterocycles. The number of amides is 1. The molecule has 0 saturated carbocycles. The van der Waals surface area contributed by atoms with E-state index in [1.54, 1.807) is 35.6 Å². The molecule has 0 aliphatic rings. The van der Waals surface area contributed by atoms with E-state index in [9.17, 15) is 13.6 Å². The number of fused-ring (bicyclic) bond motifs is 1. The van der Waals surface area contributed by atoms with Gasteiger partial charge in [-0.3, -0.25) is 4.79 Å². The maximum absolute atomic E-state index is 14.4. The number of nitrogens with one attached hydrogen (secondary N) is 1. The Morgan fingerprint density at radius 2 is 1.76 bits per heavy atom. The molecule has 6 heteroatoms. The van der Waals surface area contributed by atoms with Crippen molar-refractivity contribution in [3.8, 4) is 11.1 Å². The van der Waals surface area contributed by atoms with Gasteiger partial charge in [0.25, 0.3) is 0 Å². The molecular weight excluding hydrogens is 390 g/mol. The zero-order valence-corrected chi connectivity index (χ0v) is 16.3. The van der Waals surface area contributed by atoms with Crippen molar-refractivity contribution in [1.82, 2.24) is 4.98 Å². The number of aromatic nitrogens is 1. The maximum Gasteiger partial charge on any atom is 0.224 e. The fraction of sp³-hybridized carbons (Fsp3) is 0.130. The third-order valence-corrected chi connectivity index (χ3v) is 5.63. The Morgan fingerprint density at radius 1 is 1.00 bits per heavy atom. The first kappa shape index (κ1) is 19.2. The molecule has 3 nitrogen and oxygen atoms in total. The lowest BCUT2D eigenvalue weighted by Crippen LogP contribution is -2.14. The molecule has 0 saturated heterocycles. The highest BCUT2D eigenvalue weighted by molar-refractivity contribution is 7.18. The minimum absolute atomic E-state index is 0.00240. The first-order valence-corrected chi connectivity index (χ1v) is 10.1. The van der Waals surface area contributed by atoms with Gasteiger partial charge in [0.05, 0.1) is 20.9 Å². The second kappa shape index (κ2) is 8.49. The average Bonchev–Trinajstić information content (AvgIpc) is 3.13. The van der Waals surface area contributed by atoms with Crippen LogP contribution >= 0.6 is 11.3 Å². The van der Waals surface area contributed by atoms with E-state index >= 15 is 0 Å². The van der Waals surface area contributed by atoms with E-state index in [2.05, 4.69) is 10.3 Å². The van der Waals surface area contributed by atoms with E-state index in [0.29, 0.717) is 24.0 Å². The summed E-state index contributed by atoms with van der Waals surface area (Å²) in [7, 11) is 0. The molecule has 3 aromatic carbocycles. The number of anilines is 1. The van der Waals surface area contributed by atoms with Crippen LogP contribution in [0.3, 0.4) is 0 Å². The summed E-state index contributed by atoms with van der Waals surface area (Å²) in [5, 5.41) is 3.59. The smallest absolute Gasteiger partial charge is 0.224 e. The SMILES string of the molecule is O=C(CCCc1nc2ccccc2s1)Nc1c(F)cc(F)cc1-c1ccccc1. The van der Waals surface area contributed by atoms with Crippen LogP contribution in [0.15, 0.2) is 66.7 Å². The van der Waals surface area contributed by atoms with Crippen molar-refractivity contribution in [2.24, 2.45) is 0 Å². The van der Waals surface area contributed by atoms with E-state index < -0.39 is 11.6 Å². The average molecular weight is 408 g/mol. The van der Waals surface area contributed by atoms with Crippen LogP contribution in [-0.4, -0.2) is 10.9 Å². The molecule has 0 atom stereocenters. The van der Waals surface area contributed by atoms with Crippen LogP contribution in [-0.2, 0) is 11.2 Å². The van der Waals surface area contributed by atoms with Crippen LogP contribution in [0.5, 0.6) is 0 Å². The normalized spacial score (nSPS) is 11.0. The summed E-state index contributed by atoms with van der Waals surface area (Å²) < 4.78 is 29.3. The van der Waals surface area contributed by atoms with Gasteiger partial charge >= 0.3 is 0 Å². The van der Waals surface area contributed by atoms with Crippen molar-refractivity contribution >= 4 is 33.1 Å². The molecule has 0 aliphatic heterocycles. The number of carbonyl (C=O) groups is 1. The lowest BCUT2D eigenvalue weighted by molar-refractivity contribution is -0.116. The number of nitrogens with zero attached hydrogens (tertiary/aromatic N) is 1. The number of halogens is 2. The highest BCUT2D eigenvalue weighted by Crippen LogP contribution is 2.31. The summed E-state index contributed by atoms with van der Waals surface area (Å²) in [6, 6.07) is 18.8. The van der Waals surface area contributed by atoms with E-state index in [4.69, 9.17) is 0 Å². The number of rotatable bonds is 6. The van der Waals surface area contributed by atoms with Crippen molar-refractivity contribution in [1.29, 1.82) is 0 Å². The van der Waals surface area contributed by atoms with Crippen LogP contribution in [0.4, 0.5) is 14.5 Å².